The van der Waals surface area contributed by atoms with E-state index in [2.05, 4.69) is 15.9 Å². The van der Waals surface area contributed by atoms with Crippen molar-refractivity contribution in [2.24, 2.45) is 0 Å². The molecule has 0 saturated carbocycles. The topological polar surface area (TPSA) is 40.5 Å². The van der Waals surface area contributed by atoms with Crippen LogP contribution in [0.4, 0.5) is 0 Å². The second kappa shape index (κ2) is 5.10. The molecule has 1 fully saturated rings. The number of thioether (sulfide) groups is 1. The summed E-state index contributed by atoms with van der Waals surface area (Å²) >= 11 is 5.11. The van der Waals surface area contributed by atoms with Crippen molar-refractivity contribution in [2.45, 2.75) is 0 Å². The van der Waals surface area contributed by atoms with Crippen LogP contribution in [0.25, 0.3) is 0 Å². The number of phenolic OH excluding ortho intramolecular Hbond substituents is 1. The number of carbonyl (C=O) groups excluding carboxylic acids is 1. The van der Waals surface area contributed by atoms with Gasteiger partial charge in [-0.05, 0) is 18.2 Å². The maximum Gasteiger partial charge on any atom is 0.257 e. The molecule has 1 heterocycles. The van der Waals surface area contributed by atoms with Crippen LogP contribution in [-0.2, 0) is 0 Å². The zero-order valence-electron chi connectivity index (χ0n) is 8.65. The molecule has 0 spiro atoms. The van der Waals surface area contributed by atoms with E-state index in [1.165, 1.54) is 0 Å². The van der Waals surface area contributed by atoms with Gasteiger partial charge in [0.25, 0.3) is 5.91 Å². The molecule has 1 saturated heterocycles. The molecule has 0 aliphatic carbocycles. The predicted octanol–water partition coefficient (Wildman–Crippen LogP) is 2.34. The first-order valence-electron chi connectivity index (χ1n) is 5.04. The summed E-state index contributed by atoms with van der Waals surface area (Å²) < 4.78 is 0.774. The highest BCUT2D eigenvalue weighted by atomic mass is 79.9. The standard InChI is InChI=1S/C11H12BrNO2S/c12-8-1-2-9(10(14)7-8)11(15)13-3-5-16-6-4-13/h1-2,7,14H,3-6H2. The quantitative estimate of drug-likeness (QED) is 0.865. The van der Waals surface area contributed by atoms with Crippen LogP contribution >= 0.6 is 27.7 Å². The Morgan fingerprint density at radius 3 is 2.69 bits per heavy atom. The Morgan fingerprint density at radius 1 is 1.38 bits per heavy atom. The second-order valence-corrected chi connectivity index (χ2v) is 5.71. The van der Waals surface area contributed by atoms with Crippen LogP contribution in [0.15, 0.2) is 22.7 Å². The molecule has 1 aliphatic heterocycles. The molecule has 1 aromatic carbocycles. The molecule has 1 aromatic rings. The minimum absolute atomic E-state index is 0.0394. The number of aromatic hydroxyl groups is 1. The van der Waals surface area contributed by atoms with Crippen LogP contribution in [0.2, 0.25) is 0 Å². The SMILES string of the molecule is O=C(c1ccc(Br)cc1O)N1CCSCC1. The molecule has 3 nitrogen and oxygen atoms in total. The normalized spacial score (nSPS) is 16.2. The highest BCUT2D eigenvalue weighted by molar-refractivity contribution is 9.10. The molecule has 0 unspecified atom stereocenters. The first kappa shape index (κ1) is 11.8. The summed E-state index contributed by atoms with van der Waals surface area (Å²) in [5.41, 5.74) is 0.384. The van der Waals surface area contributed by atoms with Gasteiger partial charge in [0.15, 0.2) is 0 Å². The molecular weight excluding hydrogens is 290 g/mol. The number of nitrogens with zero attached hydrogens (tertiary/aromatic N) is 1. The van der Waals surface area contributed by atoms with Crippen LogP contribution in [0, 0.1) is 0 Å². The van der Waals surface area contributed by atoms with E-state index < -0.39 is 0 Å². The first-order chi connectivity index (χ1) is 7.68. The second-order valence-electron chi connectivity index (χ2n) is 3.57. The van der Waals surface area contributed by atoms with Crippen molar-refractivity contribution in [3.8, 4) is 5.75 Å². The number of halogens is 1. The van der Waals surface area contributed by atoms with Crippen LogP contribution in [-0.4, -0.2) is 40.5 Å². The fraction of sp³-hybridized carbons (Fsp3) is 0.364. The van der Waals surface area contributed by atoms with Crippen LogP contribution in [0.1, 0.15) is 10.4 Å². The minimum atomic E-state index is -0.0784. The lowest BCUT2D eigenvalue weighted by Crippen LogP contribution is -2.37. The average molecular weight is 302 g/mol. The molecule has 16 heavy (non-hydrogen) atoms. The molecule has 1 amide bonds. The summed E-state index contributed by atoms with van der Waals surface area (Å²) in [7, 11) is 0. The Morgan fingerprint density at radius 2 is 2.06 bits per heavy atom. The average Bonchev–Trinajstić information content (AvgIpc) is 2.29. The third-order valence-corrected chi connectivity index (χ3v) is 3.92. The summed E-state index contributed by atoms with van der Waals surface area (Å²) in [5.74, 6) is 1.91. The van der Waals surface area contributed by atoms with Gasteiger partial charge in [-0.25, -0.2) is 0 Å². The monoisotopic (exact) mass is 301 g/mol. The van der Waals surface area contributed by atoms with Gasteiger partial charge >= 0.3 is 0 Å². The van der Waals surface area contributed by atoms with E-state index in [4.69, 9.17) is 0 Å². The number of carbonyl (C=O) groups is 1. The molecule has 2 rings (SSSR count). The fourth-order valence-corrected chi connectivity index (χ4v) is 2.87. The van der Waals surface area contributed by atoms with E-state index in [-0.39, 0.29) is 11.7 Å². The first-order valence-corrected chi connectivity index (χ1v) is 6.99. The summed E-state index contributed by atoms with van der Waals surface area (Å²) in [5, 5.41) is 9.71. The molecule has 0 radical (unpaired) electrons. The van der Waals surface area contributed by atoms with Gasteiger partial charge in [-0.1, -0.05) is 15.9 Å². The molecule has 0 aromatic heterocycles. The summed E-state index contributed by atoms with van der Waals surface area (Å²) in [6, 6.07) is 4.97. The smallest absolute Gasteiger partial charge is 0.257 e. The van der Waals surface area contributed by atoms with Crippen molar-refractivity contribution < 1.29 is 9.90 Å². The highest BCUT2D eigenvalue weighted by Crippen LogP contribution is 2.24. The number of hydrogen-bond acceptors (Lipinski definition) is 3. The van der Waals surface area contributed by atoms with E-state index in [1.54, 1.807) is 23.1 Å². The molecule has 1 aliphatic rings. The number of rotatable bonds is 1. The van der Waals surface area contributed by atoms with E-state index in [0.29, 0.717) is 5.56 Å². The molecule has 1 N–H and O–H groups in total. The lowest BCUT2D eigenvalue weighted by Gasteiger charge is -2.26. The van der Waals surface area contributed by atoms with Gasteiger partial charge in [0.05, 0.1) is 5.56 Å². The van der Waals surface area contributed by atoms with Gasteiger partial charge in [0.1, 0.15) is 5.75 Å². The van der Waals surface area contributed by atoms with Gasteiger partial charge in [-0.15, -0.1) is 0 Å². The molecule has 0 bridgehead atoms. The third kappa shape index (κ3) is 2.52. The van der Waals surface area contributed by atoms with Gasteiger partial charge < -0.3 is 10.0 Å². The van der Waals surface area contributed by atoms with Crippen LogP contribution < -0.4 is 0 Å². The van der Waals surface area contributed by atoms with Crippen molar-refractivity contribution in [1.29, 1.82) is 0 Å². The van der Waals surface area contributed by atoms with Crippen LogP contribution in [0.3, 0.4) is 0 Å². The summed E-state index contributed by atoms with van der Waals surface area (Å²) in [6.45, 7) is 1.53. The number of benzene rings is 1. The fourth-order valence-electron chi connectivity index (χ4n) is 1.62. The predicted molar refractivity (Wildman–Crippen MR) is 69.0 cm³/mol. The van der Waals surface area contributed by atoms with Crippen LogP contribution in [0.5, 0.6) is 5.75 Å². The summed E-state index contributed by atoms with van der Waals surface area (Å²) in [4.78, 5) is 13.9. The Hall–Kier alpha value is -0.680. The van der Waals surface area contributed by atoms with E-state index in [9.17, 15) is 9.90 Å². The summed E-state index contributed by atoms with van der Waals surface area (Å²) in [6.07, 6.45) is 0. The van der Waals surface area contributed by atoms with Crippen molar-refractivity contribution in [2.75, 3.05) is 24.6 Å². The highest BCUT2D eigenvalue weighted by Gasteiger charge is 2.20. The van der Waals surface area contributed by atoms with Crippen molar-refractivity contribution in [3.63, 3.8) is 0 Å². The van der Waals surface area contributed by atoms with E-state index >= 15 is 0 Å². The molecular formula is C11H12BrNO2S. The Kier molecular flexibility index (Phi) is 3.76. The number of hydrogen-bond donors (Lipinski definition) is 1. The Balaban J connectivity index is 2.19. The zero-order valence-corrected chi connectivity index (χ0v) is 11.1. The maximum absolute atomic E-state index is 12.1. The lowest BCUT2D eigenvalue weighted by molar-refractivity contribution is 0.0769. The number of amides is 1. The molecule has 5 heteroatoms. The third-order valence-electron chi connectivity index (χ3n) is 2.49. The van der Waals surface area contributed by atoms with Crippen molar-refractivity contribution >= 4 is 33.6 Å². The van der Waals surface area contributed by atoms with Gasteiger partial charge in [0, 0.05) is 29.1 Å². The van der Waals surface area contributed by atoms with E-state index in [0.717, 1.165) is 29.1 Å². The van der Waals surface area contributed by atoms with Gasteiger partial charge in [-0.3, -0.25) is 4.79 Å². The molecule has 0 atom stereocenters. The van der Waals surface area contributed by atoms with Gasteiger partial charge in [0.2, 0.25) is 0 Å². The van der Waals surface area contributed by atoms with Crippen molar-refractivity contribution in [1.82, 2.24) is 4.90 Å². The zero-order chi connectivity index (χ0) is 11.5. The number of phenols is 1. The Bertz CT molecular complexity index is 405. The van der Waals surface area contributed by atoms with Crippen molar-refractivity contribution in [3.05, 3.63) is 28.2 Å². The molecule has 86 valence electrons. The van der Waals surface area contributed by atoms with E-state index in [1.807, 2.05) is 11.8 Å². The Labute approximate surface area is 107 Å². The minimum Gasteiger partial charge on any atom is -0.507 e. The van der Waals surface area contributed by atoms with Gasteiger partial charge in [-0.2, -0.15) is 11.8 Å². The lowest BCUT2D eigenvalue weighted by atomic mass is 10.1. The largest absolute Gasteiger partial charge is 0.507 e. The maximum atomic E-state index is 12.1.